The fourth-order valence-corrected chi connectivity index (χ4v) is 0.224. The van der Waals surface area contributed by atoms with E-state index in [-0.39, 0.29) is 6.61 Å². The van der Waals surface area contributed by atoms with Crippen LogP contribution in [0, 0.1) is 0 Å². The molecule has 0 unspecified atom stereocenters. The summed E-state index contributed by atoms with van der Waals surface area (Å²) in [7, 11) is 2.51. The van der Waals surface area contributed by atoms with Gasteiger partial charge in [-0.05, 0) is 0 Å². The molecule has 0 aromatic carbocycles. The van der Waals surface area contributed by atoms with Crippen LogP contribution in [0.25, 0.3) is 0 Å². The maximum absolute atomic E-state index is 9.74. The fraction of sp³-hybridized carbons (Fsp3) is 0.429. The van der Waals surface area contributed by atoms with Gasteiger partial charge in [0, 0.05) is 0 Å². The minimum atomic E-state index is -0.764. The molecule has 0 saturated heterocycles. The van der Waals surface area contributed by atoms with Crippen molar-refractivity contribution in [3.8, 4) is 0 Å². The van der Waals surface area contributed by atoms with Crippen molar-refractivity contribution in [1.29, 1.82) is 0 Å². The van der Waals surface area contributed by atoms with E-state index in [0.29, 0.717) is 0 Å². The highest BCUT2D eigenvalue weighted by Crippen LogP contribution is 1.72. The van der Waals surface area contributed by atoms with Crippen LogP contribution in [0.3, 0.4) is 0 Å². The Labute approximate surface area is 76.2 Å². The fourth-order valence-electron chi connectivity index (χ4n) is 0.224. The third kappa shape index (κ3) is 17.9. The number of ether oxygens (including phenoxy) is 3. The Morgan fingerprint density at radius 3 is 1.92 bits per heavy atom. The van der Waals surface area contributed by atoms with Crippen molar-refractivity contribution in [2.24, 2.45) is 5.73 Å². The van der Waals surface area contributed by atoms with Crippen molar-refractivity contribution in [2.45, 2.75) is 0 Å². The van der Waals surface area contributed by atoms with Crippen molar-refractivity contribution in [3.05, 3.63) is 12.7 Å². The van der Waals surface area contributed by atoms with Crippen LogP contribution in [0.2, 0.25) is 0 Å². The van der Waals surface area contributed by atoms with Crippen LogP contribution in [-0.4, -0.2) is 33.1 Å². The standard InChI is InChI=1S/C4H7NO2.C3H6O3/c1-2-3-7-4(5)6;1-5-3(4)6-2/h2H,1,3H2,(H2,5,6);1-2H3. The van der Waals surface area contributed by atoms with Gasteiger partial charge in [0.25, 0.3) is 0 Å². The molecule has 0 saturated carbocycles. The maximum atomic E-state index is 9.74. The molecule has 1 amide bonds. The van der Waals surface area contributed by atoms with Gasteiger partial charge in [-0.3, -0.25) is 0 Å². The highest BCUT2D eigenvalue weighted by atomic mass is 16.7. The van der Waals surface area contributed by atoms with E-state index in [2.05, 4.69) is 26.5 Å². The van der Waals surface area contributed by atoms with Gasteiger partial charge in [-0.1, -0.05) is 12.7 Å². The van der Waals surface area contributed by atoms with Crippen molar-refractivity contribution in [3.63, 3.8) is 0 Å². The Hall–Kier alpha value is -1.72. The summed E-state index contributed by atoms with van der Waals surface area (Å²) in [6.45, 7) is 3.49. The van der Waals surface area contributed by atoms with Crippen LogP contribution in [0.5, 0.6) is 0 Å². The first-order valence-corrected chi connectivity index (χ1v) is 3.23. The lowest BCUT2D eigenvalue weighted by atomic mass is 10.7. The quantitative estimate of drug-likeness (QED) is 0.511. The molecule has 2 N–H and O–H groups in total. The molecular formula is C7H13NO5. The van der Waals surface area contributed by atoms with E-state index in [0.717, 1.165) is 0 Å². The lowest BCUT2D eigenvalue weighted by molar-refractivity contribution is 0.0924. The van der Waals surface area contributed by atoms with E-state index in [4.69, 9.17) is 0 Å². The van der Waals surface area contributed by atoms with Gasteiger partial charge >= 0.3 is 12.2 Å². The van der Waals surface area contributed by atoms with Crippen molar-refractivity contribution >= 4 is 12.2 Å². The Morgan fingerprint density at radius 2 is 1.85 bits per heavy atom. The Bertz CT molecular complexity index is 162. The number of hydrogen-bond donors (Lipinski definition) is 1. The van der Waals surface area contributed by atoms with Crippen LogP contribution in [0.15, 0.2) is 12.7 Å². The van der Waals surface area contributed by atoms with Gasteiger partial charge in [0.2, 0.25) is 0 Å². The molecule has 76 valence electrons. The largest absolute Gasteiger partial charge is 0.507 e. The summed E-state index contributed by atoms with van der Waals surface area (Å²) in [4.78, 5) is 19.4. The van der Waals surface area contributed by atoms with E-state index in [1.807, 2.05) is 0 Å². The molecule has 0 aromatic heterocycles. The smallest absolute Gasteiger partial charge is 0.445 e. The van der Waals surface area contributed by atoms with Crippen molar-refractivity contribution in [2.75, 3.05) is 20.8 Å². The average Bonchev–Trinajstić information content (AvgIpc) is 2.14. The first-order valence-electron chi connectivity index (χ1n) is 3.23. The normalized spacial score (nSPS) is 7.23. The van der Waals surface area contributed by atoms with E-state index in [1.165, 1.54) is 20.3 Å². The number of amides is 1. The lowest BCUT2D eigenvalue weighted by Gasteiger charge is -1.90. The predicted octanol–water partition coefficient (Wildman–Crippen LogP) is 0.667. The van der Waals surface area contributed by atoms with Gasteiger partial charge in [-0.15, -0.1) is 0 Å². The molecule has 0 aliphatic rings. The summed E-state index contributed by atoms with van der Waals surface area (Å²) in [5, 5.41) is 0. The first kappa shape index (κ1) is 13.8. The summed E-state index contributed by atoms with van der Waals surface area (Å²) >= 11 is 0. The molecule has 0 fully saturated rings. The second-order valence-electron chi connectivity index (χ2n) is 1.58. The summed E-state index contributed by atoms with van der Waals surface area (Å²) in [5.74, 6) is 0. The molecule has 0 atom stereocenters. The van der Waals surface area contributed by atoms with Gasteiger partial charge in [0.05, 0.1) is 14.2 Å². The highest BCUT2D eigenvalue weighted by molar-refractivity contribution is 5.64. The second-order valence-corrected chi connectivity index (χ2v) is 1.58. The topological polar surface area (TPSA) is 87.9 Å². The molecule has 0 radical (unpaired) electrons. The van der Waals surface area contributed by atoms with Crippen molar-refractivity contribution < 1.29 is 23.8 Å². The second kappa shape index (κ2) is 10.3. The molecule has 0 aliphatic carbocycles. The summed E-state index contributed by atoms with van der Waals surface area (Å²) < 4.78 is 12.3. The number of rotatable bonds is 2. The third-order valence-corrected chi connectivity index (χ3v) is 0.677. The Kier molecular flexibility index (Phi) is 10.9. The van der Waals surface area contributed by atoms with Crippen LogP contribution < -0.4 is 5.73 Å². The zero-order valence-electron chi connectivity index (χ0n) is 7.61. The summed E-state index contributed by atoms with van der Waals surface area (Å²) in [6.07, 6.45) is 0.0278. The minimum Gasteiger partial charge on any atom is -0.445 e. The molecule has 0 spiro atoms. The number of hydrogen-bond acceptors (Lipinski definition) is 5. The van der Waals surface area contributed by atoms with Crippen molar-refractivity contribution in [1.82, 2.24) is 0 Å². The van der Waals surface area contributed by atoms with E-state index >= 15 is 0 Å². The van der Waals surface area contributed by atoms with Crippen LogP contribution in [0.1, 0.15) is 0 Å². The Morgan fingerprint density at radius 1 is 1.38 bits per heavy atom. The highest BCUT2D eigenvalue weighted by Gasteiger charge is 1.88. The zero-order valence-corrected chi connectivity index (χ0v) is 7.61. The molecule has 0 rings (SSSR count). The van der Waals surface area contributed by atoms with Gasteiger partial charge in [0.1, 0.15) is 6.61 Å². The van der Waals surface area contributed by atoms with Gasteiger partial charge in [-0.2, -0.15) is 0 Å². The molecule has 13 heavy (non-hydrogen) atoms. The van der Waals surface area contributed by atoms with Crippen LogP contribution >= 0.6 is 0 Å². The molecule has 0 heterocycles. The monoisotopic (exact) mass is 191 g/mol. The maximum Gasteiger partial charge on any atom is 0.507 e. The molecule has 6 heteroatoms. The molecule has 0 aromatic rings. The lowest BCUT2D eigenvalue weighted by Crippen LogP contribution is -2.12. The Balaban J connectivity index is 0. The summed E-state index contributed by atoms with van der Waals surface area (Å²) in [5.41, 5.74) is 4.57. The van der Waals surface area contributed by atoms with Gasteiger partial charge in [0.15, 0.2) is 0 Å². The number of carbonyl (C=O) groups is 2. The molecule has 6 nitrogen and oxygen atoms in total. The van der Waals surface area contributed by atoms with E-state index in [9.17, 15) is 9.59 Å². The van der Waals surface area contributed by atoms with Crippen LogP contribution in [0.4, 0.5) is 9.59 Å². The number of primary amides is 1. The minimum absolute atomic E-state index is 0.190. The van der Waals surface area contributed by atoms with Gasteiger partial charge < -0.3 is 19.9 Å². The zero-order chi connectivity index (χ0) is 10.7. The van der Waals surface area contributed by atoms with E-state index in [1.54, 1.807) is 0 Å². The number of methoxy groups -OCH3 is 2. The van der Waals surface area contributed by atoms with E-state index < -0.39 is 12.2 Å². The molecule has 0 aliphatic heterocycles. The van der Waals surface area contributed by atoms with Gasteiger partial charge in [-0.25, -0.2) is 9.59 Å². The molecule has 0 bridgehead atoms. The average molecular weight is 191 g/mol. The summed E-state index contributed by atoms with van der Waals surface area (Å²) in [6, 6.07) is 0. The predicted molar refractivity (Wildman–Crippen MR) is 45.1 cm³/mol. The first-order chi connectivity index (χ1) is 6.08. The number of nitrogens with two attached hydrogens (primary N) is 1. The third-order valence-electron chi connectivity index (χ3n) is 0.677. The molecular weight excluding hydrogens is 178 g/mol. The van der Waals surface area contributed by atoms with Crippen LogP contribution in [-0.2, 0) is 14.2 Å². The SMILES string of the molecule is C=CCOC(N)=O.COC(=O)OC. The number of carbonyl (C=O) groups excluding carboxylic acids is 2.